The Morgan fingerprint density at radius 2 is 2.06 bits per heavy atom. The summed E-state index contributed by atoms with van der Waals surface area (Å²) in [4.78, 5) is 12.9. The first kappa shape index (κ1) is 13.5. The second kappa shape index (κ2) is 6.86. The van der Waals surface area contributed by atoms with E-state index in [0.29, 0.717) is 12.6 Å². The van der Waals surface area contributed by atoms with Crippen LogP contribution >= 0.6 is 0 Å². The number of primary amides is 1. The summed E-state index contributed by atoms with van der Waals surface area (Å²) >= 11 is 0. The van der Waals surface area contributed by atoms with Crippen molar-refractivity contribution in [3.05, 3.63) is 0 Å². The molecule has 0 atom stereocenters. The van der Waals surface area contributed by atoms with Gasteiger partial charge in [0.15, 0.2) is 0 Å². The molecule has 0 aromatic heterocycles. The minimum absolute atomic E-state index is 0.216. The molecule has 0 aromatic rings. The van der Waals surface area contributed by atoms with Crippen molar-refractivity contribution >= 4 is 5.91 Å². The van der Waals surface area contributed by atoms with Crippen molar-refractivity contribution in [1.29, 1.82) is 0 Å². The van der Waals surface area contributed by atoms with Crippen LogP contribution in [0.2, 0.25) is 0 Å². The summed E-state index contributed by atoms with van der Waals surface area (Å²) in [7, 11) is 0. The van der Waals surface area contributed by atoms with Gasteiger partial charge in [-0.25, -0.2) is 0 Å². The number of nitrogens with zero attached hydrogens (tertiary/aromatic N) is 1. The average Bonchev–Trinajstić information content (AvgIpc) is 2.19. The fraction of sp³-hybridized carbons (Fsp3) is 0.917. The Morgan fingerprint density at radius 1 is 1.44 bits per heavy atom. The van der Waals surface area contributed by atoms with Crippen LogP contribution in [0.4, 0.5) is 0 Å². The van der Waals surface area contributed by atoms with Gasteiger partial charge >= 0.3 is 0 Å². The number of rotatable bonds is 6. The first-order valence-corrected chi connectivity index (χ1v) is 6.32. The molecule has 0 saturated carbocycles. The number of hydrogen-bond donors (Lipinski definition) is 2. The topological polar surface area (TPSA) is 58.4 Å². The molecule has 4 heteroatoms. The predicted octanol–water partition coefficient (Wildman–Crippen LogP) is 0.572. The van der Waals surface area contributed by atoms with Crippen LogP contribution in [-0.4, -0.2) is 43.0 Å². The van der Waals surface area contributed by atoms with Crippen LogP contribution in [0, 0.1) is 5.92 Å². The van der Waals surface area contributed by atoms with Gasteiger partial charge < -0.3 is 11.1 Å². The van der Waals surface area contributed by atoms with Gasteiger partial charge in [-0.1, -0.05) is 13.8 Å². The van der Waals surface area contributed by atoms with Crippen molar-refractivity contribution in [1.82, 2.24) is 10.2 Å². The number of carbonyl (C=O) groups excluding carboxylic acids is 1. The van der Waals surface area contributed by atoms with Gasteiger partial charge in [-0.15, -0.1) is 0 Å². The zero-order chi connectivity index (χ0) is 12.0. The van der Waals surface area contributed by atoms with Crippen molar-refractivity contribution in [2.24, 2.45) is 11.7 Å². The number of nitrogens with two attached hydrogens (primary N) is 1. The van der Waals surface area contributed by atoms with Crippen LogP contribution in [0.3, 0.4) is 0 Å². The normalized spacial score (nSPS) is 19.2. The summed E-state index contributed by atoms with van der Waals surface area (Å²) in [5.41, 5.74) is 5.18. The van der Waals surface area contributed by atoms with Crippen molar-refractivity contribution in [3.63, 3.8) is 0 Å². The highest BCUT2D eigenvalue weighted by atomic mass is 16.1. The van der Waals surface area contributed by atoms with Gasteiger partial charge in [-0.2, -0.15) is 0 Å². The Labute approximate surface area is 98.6 Å². The third-order valence-corrected chi connectivity index (χ3v) is 3.12. The molecule has 1 aliphatic rings. The Balaban J connectivity index is 2.10. The second-order valence-electron chi connectivity index (χ2n) is 5.15. The first-order chi connectivity index (χ1) is 7.58. The smallest absolute Gasteiger partial charge is 0.231 e. The molecule has 3 N–H and O–H groups in total. The predicted molar refractivity (Wildman–Crippen MR) is 66.1 cm³/mol. The molecule has 0 unspecified atom stereocenters. The van der Waals surface area contributed by atoms with Gasteiger partial charge in [0.05, 0.1) is 6.54 Å². The molecule has 0 aliphatic carbocycles. The van der Waals surface area contributed by atoms with E-state index in [1.165, 1.54) is 6.42 Å². The Morgan fingerprint density at radius 3 is 2.56 bits per heavy atom. The van der Waals surface area contributed by atoms with Crippen LogP contribution in [0.1, 0.15) is 33.1 Å². The van der Waals surface area contributed by atoms with Crippen molar-refractivity contribution < 1.29 is 4.79 Å². The maximum atomic E-state index is 10.8. The van der Waals surface area contributed by atoms with Gasteiger partial charge in [0.2, 0.25) is 5.91 Å². The highest BCUT2D eigenvalue weighted by Gasteiger charge is 2.19. The standard InChI is InChI=1S/C12H25N3O/c1-10(2)3-6-14-11-4-7-15(8-5-11)9-12(13)16/h10-11,14H,3-9H2,1-2H3,(H2,13,16). The number of likely N-dealkylation sites (tertiary alicyclic amines) is 1. The Kier molecular flexibility index (Phi) is 5.77. The monoisotopic (exact) mass is 227 g/mol. The number of piperidine rings is 1. The van der Waals surface area contributed by atoms with Gasteiger partial charge in [0.1, 0.15) is 0 Å². The zero-order valence-corrected chi connectivity index (χ0v) is 10.5. The van der Waals surface area contributed by atoms with E-state index in [2.05, 4.69) is 24.1 Å². The SMILES string of the molecule is CC(C)CCNC1CCN(CC(N)=O)CC1. The van der Waals surface area contributed by atoms with Crippen LogP contribution in [0.15, 0.2) is 0 Å². The number of nitrogens with one attached hydrogen (secondary N) is 1. The molecule has 16 heavy (non-hydrogen) atoms. The molecule has 1 rings (SSSR count). The summed E-state index contributed by atoms with van der Waals surface area (Å²) in [6, 6.07) is 0.628. The summed E-state index contributed by atoms with van der Waals surface area (Å²) in [6.45, 7) is 8.00. The summed E-state index contributed by atoms with van der Waals surface area (Å²) in [5.74, 6) is 0.550. The number of hydrogen-bond acceptors (Lipinski definition) is 3. The molecule has 94 valence electrons. The Bertz CT molecular complexity index is 210. The summed E-state index contributed by atoms with van der Waals surface area (Å²) in [5, 5.41) is 3.58. The lowest BCUT2D eigenvalue weighted by atomic mass is 10.0. The van der Waals surface area contributed by atoms with E-state index >= 15 is 0 Å². The molecule has 1 amide bonds. The molecular weight excluding hydrogens is 202 g/mol. The summed E-state index contributed by atoms with van der Waals surface area (Å²) in [6.07, 6.45) is 3.50. The quantitative estimate of drug-likeness (QED) is 0.697. The highest BCUT2D eigenvalue weighted by molar-refractivity contribution is 5.75. The van der Waals surface area contributed by atoms with Crippen LogP contribution < -0.4 is 11.1 Å². The van der Waals surface area contributed by atoms with Gasteiger partial charge in [0, 0.05) is 19.1 Å². The Hall–Kier alpha value is -0.610. The largest absolute Gasteiger partial charge is 0.369 e. The molecule has 1 heterocycles. The zero-order valence-electron chi connectivity index (χ0n) is 10.5. The lowest BCUT2D eigenvalue weighted by molar-refractivity contribution is -0.119. The second-order valence-corrected chi connectivity index (χ2v) is 5.15. The molecule has 1 fully saturated rings. The maximum absolute atomic E-state index is 10.8. The lowest BCUT2D eigenvalue weighted by Gasteiger charge is -2.31. The maximum Gasteiger partial charge on any atom is 0.231 e. The molecular formula is C12H25N3O. The molecule has 0 radical (unpaired) electrons. The van der Waals surface area contributed by atoms with E-state index in [4.69, 9.17) is 5.73 Å². The van der Waals surface area contributed by atoms with Crippen LogP contribution in [0.25, 0.3) is 0 Å². The molecule has 0 spiro atoms. The van der Waals surface area contributed by atoms with E-state index in [0.717, 1.165) is 38.4 Å². The van der Waals surface area contributed by atoms with E-state index in [-0.39, 0.29) is 5.91 Å². The van der Waals surface area contributed by atoms with Gasteiger partial charge in [0.25, 0.3) is 0 Å². The van der Waals surface area contributed by atoms with Crippen molar-refractivity contribution in [2.45, 2.75) is 39.2 Å². The summed E-state index contributed by atoms with van der Waals surface area (Å²) < 4.78 is 0. The van der Waals surface area contributed by atoms with Crippen LogP contribution in [0.5, 0.6) is 0 Å². The molecule has 0 bridgehead atoms. The van der Waals surface area contributed by atoms with E-state index in [1.54, 1.807) is 0 Å². The minimum Gasteiger partial charge on any atom is -0.369 e. The molecule has 1 aliphatic heterocycles. The van der Waals surface area contributed by atoms with E-state index < -0.39 is 0 Å². The van der Waals surface area contributed by atoms with Crippen LogP contribution in [-0.2, 0) is 4.79 Å². The van der Waals surface area contributed by atoms with Crippen molar-refractivity contribution in [2.75, 3.05) is 26.2 Å². The van der Waals surface area contributed by atoms with Crippen molar-refractivity contribution in [3.8, 4) is 0 Å². The molecule has 4 nitrogen and oxygen atoms in total. The third-order valence-electron chi connectivity index (χ3n) is 3.12. The first-order valence-electron chi connectivity index (χ1n) is 6.32. The minimum atomic E-state index is -0.216. The highest BCUT2D eigenvalue weighted by Crippen LogP contribution is 2.10. The fourth-order valence-corrected chi connectivity index (χ4v) is 2.09. The average molecular weight is 227 g/mol. The van der Waals surface area contributed by atoms with Gasteiger partial charge in [-0.3, -0.25) is 9.69 Å². The lowest BCUT2D eigenvalue weighted by Crippen LogP contribution is -2.45. The number of amides is 1. The molecule has 1 saturated heterocycles. The van der Waals surface area contributed by atoms with E-state index in [9.17, 15) is 4.79 Å². The van der Waals surface area contributed by atoms with E-state index in [1.807, 2.05) is 0 Å². The molecule has 0 aromatic carbocycles. The number of carbonyl (C=O) groups is 1. The van der Waals surface area contributed by atoms with Gasteiger partial charge in [-0.05, 0) is 31.7 Å². The fourth-order valence-electron chi connectivity index (χ4n) is 2.09. The third kappa shape index (κ3) is 5.47.